The van der Waals surface area contributed by atoms with E-state index >= 15 is 0 Å². The van der Waals surface area contributed by atoms with Gasteiger partial charge >= 0.3 is 0 Å². The highest BCUT2D eigenvalue weighted by atomic mass is 16.2. The smallest absolute Gasteiger partial charge is 0.238 e. The van der Waals surface area contributed by atoms with E-state index in [1.165, 1.54) is 0 Å². The summed E-state index contributed by atoms with van der Waals surface area (Å²) >= 11 is 0. The van der Waals surface area contributed by atoms with Crippen LogP contribution in [0.5, 0.6) is 0 Å². The zero-order valence-electron chi connectivity index (χ0n) is 16.3. The van der Waals surface area contributed by atoms with Crippen molar-refractivity contribution in [2.45, 2.75) is 6.92 Å². The fourth-order valence-electron chi connectivity index (χ4n) is 3.08. The van der Waals surface area contributed by atoms with Crippen LogP contribution in [0.3, 0.4) is 0 Å². The molecule has 0 bridgehead atoms. The van der Waals surface area contributed by atoms with Gasteiger partial charge < -0.3 is 15.1 Å². The fourth-order valence-corrected chi connectivity index (χ4v) is 3.08. The molecular weight excluding hydrogens is 356 g/mol. The average Bonchev–Trinajstić information content (AvgIpc) is 2.70. The van der Waals surface area contributed by atoms with Crippen LogP contribution in [0, 0.1) is 6.92 Å². The highest BCUT2D eigenvalue weighted by molar-refractivity contribution is 5.92. The lowest BCUT2D eigenvalue weighted by molar-refractivity contribution is -0.132. The van der Waals surface area contributed by atoms with E-state index in [1.807, 2.05) is 36.1 Å². The number of anilines is 2. The van der Waals surface area contributed by atoms with Crippen molar-refractivity contribution in [1.29, 1.82) is 0 Å². The minimum absolute atomic E-state index is 0.0271. The Balaban J connectivity index is 1.41. The fraction of sp³-hybridized carbons (Fsp3) is 0.400. The Labute approximate surface area is 165 Å². The Kier molecular flexibility index (Phi) is 6.54. The van der Waals surface area contributed by atoms with Gasteiger partial charge in [0.1, 0.15) is 0 Å². The van der Waals surface area contributed by atoms with Crippen LogP contribution in [-0.2, 0) is 9.59 Å². The van der Waals surface area contributed by atoms with Gasteiger partial charge in [0, 0.05) is 44.3 Å². The molecule has 1 aliphatic rings. The summed E-state index contributed by atoms with van der Waals surface area (Å²) in [6.07, 6.45) is 3.44. The van der Waals surface area contributed by atoms with E-state index in [4.69, 9.17) is 0 Å². The molecule has 2 heterocycles. The first kappa shape index (κ1) is 19.8. The van der Waals surface area contributed by atoms with Crippen LogP contribution >= 0.6 is 0 Å². The average molecular weight is 382 g/mol. The molecule has 3 rings (SSSR count). The second kappa shape index (κ2) is 9.27. The number of amides is 2. The number of benzene rings is 1. The summed E-state index contributed by atoms with van der Waals surface area (Å²) < 4.78 is 0. The summed E-state index contributed by atoms with van der Waals surface area (Å²) in [5.41, 5.74) is 1.90. The van der Waals surface area contributed by atoms with E-state index in [9.17, 15) is 9.59 Å². The predicted molar refractivity (Wildman–Crippen MR) is 108 cm³/mol. The van der Waals surface area contributed by atoms with Crippen LogP contribution in [0.4, 0.5) is 11.6 Å². The van der Waals surface area contributed by atoms with Crippen LogP contribution in [0.25, 0.3) is 0 Å². The summed E-state index contributed by atoms with van der Waals surface area (Å²) in [6, 6.07) is 9.42. The van der Waals surface area contributed by atoms with Crippen molar-refractivity contribution in [3.05, 3.63) is 48.3 Å². The minimum atomic E-state index is -0.134. The Hall–Kier alpha value is -3.00. The Bertz CT molecular complexity index is 788. The number of nitrogens with zero attached hydrogens (tertiary/aromatic N) is 5. The third-order valence-corrected chi connectivity index (χ3v) is 4.62. The number of aryl methyl sites for hydroxylation is 1. The molecule has 0 aliphatic carbocycles. The van der Waals surface area contributed by atoms with Crippen molar-refractivity contribution in [1.82, 2.24) is 19.8 Å². The lowest BCUT2D eigenvalue weighted by atomic mass is 10.2. The lowest BCUT2D eigenvalue weighted by Gasteiger charge is -2.35. The van der Waals surface area contributed by atoms with Gasteiger partial charge in [0.05, 0.1) is 13.1 Å². The van der Waals surface area contributed by atoms with E-state index < -0.39 is 0 Å². The summed E-state index contributed by atoms with van der Waals surface area (Å²) in [6.45, 7) is 5.03. The summed E-state index contributed by atoms with van der Waals surface area (Å²) in [5, 5.41) is 2.85. The lowest BCUT2D eigenvalue weighted by Crippen LogP contribution is -2.51. The second-order valence-electron chi connectivity index (χ2n) is 7.00. The van der Waals surface area contributed by atoms with Crippen LogP contribution < -0.4 is 10.2 Å². The molecule has 1 saturated heterocycles. The molecule has 2 amide bonds. The molecule has 0 radical (unpaired) electrons. The molecule has 0 saturated carbocycles. The summed E-state index contributed by atoms with van der Waals surface area (Å²) in [5.74, 6) is 0.587. The first-order valence-electron chi connectivity index (χ1n) is 9.36. The number of carbonyl (C=O) groups is 2. The molecule has 28 heavy (non-hydrogen) atoms. The van der Waals surface area contributed by atoms with Crippen LogP contribution in [0.15, 0.2) is 42.7 Å². The topological polar surface area (TPSA) is 81.7 Å². The maximum atomic E-state index is 12.5. The van der Waals surface area contributed by atoms with E-state index in [0.717, 1.165) is 11.3 Å². The monoisotopic (exact) mass is 382 g/mol. The zero-order chi connectivity index (χ0) is 19.9. The molecule has 8 heteroatoms. The number of likely N-dealkylation sites (N-methyl/N-ethyl adjacent to an activating group) is 1. The van der Waals surface area contributed by atoms with Gasteiger partial charge in [-0.15, -0.1) is 0 Å². The van der Waals surface area contributed by atoms with Crippen molar-refractivity contribution in [3.63, 3.8) is 0 Å². The Morgan fingerprint density at radius 2 is 1.68 bits per heavy atom. The van der Waals surface area contributed by atoms with E-state index in [2.05, 4.69) is 20.2 Å². The zero-order valence-corrected chi connectivity index (χ0v) is 16.3. The van der Waals surface area contributed by atoms with Gasteiger partial charge in [-0.1, -0.05) is 17.7 Å². The van der Waals surface area contributed by atoms with Gasteiger partial charge in [-0.2, -0.15) is 0 Å². The Morgan fingerprint density at radius 3 is 2.32 bits per heavy atom. The highest BCUT2D eigenvalue weighted by Crippen LogP contribution is 2.10. The third-order valence-electron chi connectivity index (χ3n) is 4.62. The summed E-state index contributed by atoms with van der Waals surface area (Å²) in [7, 11) is 1.78. The van der Waals surface area contributed by atoms with Crippen LogP contribution in [0.2, 0.25) is 0 Å². The third kappa shape index (κ3) is 5.50. The van der Waals surface area contributed by atoms with E-state index in [0.29, 0.717) is 32.1 Å². The number of rotatable bonds is 6. The predicted octanol–water partition coefficient (Wildman–Crippen LogP) is 1.00. The molecule has 8 nitrogen and oxygen atoms in total. The quantitative estimate of drug-likeness (QED) is 0.803. The van der Waals surface area contributed by atoms with Crippen molar-refractivity contribution < 1.29 is 9.59 Å². The molecule has 1 aliphatic heterocycles. The van der Waals surface area contributed by atoms with Gasteiger partial charge in [0.2, 0.25) is 17.8 Å². The van der Waals surface area contributed by atoms with Crippen molar-refractivity contribution in [2.75, 3.05) is 56.5 Å². The molecule has 2 aromatic rings. The Morgan fingerprint density at radius 1 is 1.04 bits per heavy atom. The number of hydrogen-bond donors (Lipinski definition) is 1. The highest BCUT2D eigenvalue weighted by Gasteiger charge is 2.23. The minimum Gasteiger partial charge on any atom is -0.338 e. The number of piperazine rings is 1. The van der Waals surface area contributed by atoms with Gasteiger partial charge in [0.25, 0.3) is 0 Å². The van der Waals surface area contributed by atoms with Crippen LogP contribution in [0.1, 0.15) is 5.56 Å². The van der Waals surface area contributed by atoms with E-state index in [-0.39, 0.29) is 24.9 Å². The molecule has 1 fully saturated rings. The van der Waals surface area contributed by atoms with E-state index in [1.54, 1.807) is 30.4 Å². The molecule has 0 spiro atoms. The number of aromatic nitrogens is 2. The van der Waals surface area contributed by atoms with Gasteiger partial charge in [-0.25, -0.2) is 9.97 Å². The molecule has 1 aromatic heterocycles. The molecule has 1 aromatic carbocycles. The molecule has 0 unspecified atom stereocenters. The second-order valence-corrected chi connectivity index (χ2v) is 7.00. The van der Waals surface area contributed by atoms with Crippen LogP contribution in [-0.4, -0.2) is 77.9 Å². The number of nitrogens with one attached hydrogen (secondary N) is 1. The van der Waals surface area contributed by atoms with Gasteiger partial charge in [-0.05, 0) is 32.2 Å². The van der Waals surface area contributed by atoms with Gasteiger partial charge in [0.15, 0.2) is 0 Å². The molecule has 0 atom stereocenters. The van der Waals surface area contributed by atoms with Gasteiger partial charge in [-0.3, -0.25) is 14.5 Å². The maximum absolute atomic E-state index is 12.5. The van der Waals surface area contributed by atoms with Crippen molar-refractivity contribution >= 4 is 23.5 Å². The number of hydrogen-bond acceptors (Lipinski definition) is 6. The molecule has 1 N–H and O–H groups in total. The normalized spacial score (nSPS) is 14.2. The first-order valence-corrected chi connectivity index (χ1v) is 9.36. The largest absolute Gasteiger partial charge is 0.338 e. The maximum Gasteiger partial charge on any atom is 0.238 e. The first-order chi connectivity index (χ1) is 13.5. The SMILES string of the molecule is Cc1ccc(NC(=O)CN(C)CC(=O)N2CCN(c3ncccn3)CC2)cc1. The summed E-state index contributed by atoms with van der Waals surface area (Å²) in [4.78, 5) is 38.8. The molecular formula is C20H26N6O2. The van der Waals surface area contributed by atoms with Crippen molar-refractivity contribution in [3.8, 4) is 0 Å². The molecule has 148 valence electrons. The standard InChI is InChI=1S/C20H26N6O2/c1-16-4-6-17(7-5-16)23-18(27)14-24(2)15-19(28)25-10-12-26(13-11-25)20-21-8-3-9-22-20/h3-9H,10-15H2,1-2H3,(H,23,27). The van der Waals surface area contributed by atoms with Crippen molar-refractivity contribution in [2.24, 2.45) is 0 Å². The number of carbonyl (C=O) groups excluding carboxylic acids is 2.